The van der Waals surface area contributed by atoms with E-state index in [0.29, 0.717) is 17.5 Å². The maximum atomic E-state index is 14.9. The van der Waals surface area contributed by atoms with Crippen molar-refractivity contribution in [2.75, 3.05) is 5.32 Å². The largest absolute Gasteiger partial charge is 0.322 e. The lowest BCUT2D eigenvalue weighted by atomic mass is 9.80. The number of hydrogen-bond donors (Lipinski definition) is 2. The standard InChI is InChI=1S/C19H17ClF2N2O/c20-14-9-11(21)5-6-12(14)13-2-1-3-16(18(13)22)24-19(25)17-8-10-4-7-15(10)23-17/h1-3,5-6,9-10,15,17,23H,4,7-8H2,(H,24,25). The van der Waals surface area contributed by atoms with Crippen LogP contribution < -0.4 is 10.6 Å². The molecule has 4 rings (SSSR count). The first-order valence-electron chi connectivity index (χ1n) is 8.34. The van der Waals surface area contributed by atoms with Crippen LogP contribution in [0.4, 0.5) is 14.5 Å². The Morgan fingerprint density at radius 1 is 1.16 bits per heavy atom. The third-order valence-electron chi connectivity index (χ3n) is 5.17. The molecule has 1 aliphatic carbocycles. The van der Waals surface area contributed by atoms with Gasteiger partial charge in [0.1, 0.15) is 5.82 Å². The van der Waals surface area contributed by atoms with E-state index in [4.69, 9.17) is 11.6 Å². The molecule has 2 aromatic carbocycles. The summed E-state index contributed by atoms with van der Waals surface area (Å²) < 4.78 is 28.1. The average molecular weight is 363 g/mol. The van der Waals surface area contributed by atoms with E-state index in [1.165, 1.54) is 18.2 Å². The first-order chi connectivity index (χ1) is 12.0. The van der Waals surface area contributed by atoms with Crippen molar-refractivity contribution in [3.8, 4) is 11.1 Å². The minimum Gasteiger partial charge on any atom is -0.322 e. The van der Waals surface area contributed by atoms with E-state index in [-0.39, 0.29) is 28.2 Å². The SMILES string of the molecule is O=C(Nc1cccc(-c2ccc(F)cc2Cl)c1F)C1CC2CCC2N1. The highest BCUT2D eigenvalue weighted by Gasteiger charge is 2.42. The van der Waals surface area contributed by atoms with Crippen LogP contribution in [0.15, 0.2) is 36.4 Å². The van der Waals surface area contributed by atoms with Crippen LogP contribution in [0, 0.1) is 17.6 Å². The zero-order chi connectivity index (χ0) is 17.6. The van der Waals surface area contributed by atoms with Gasteiger partial charge in [0.15, 0.2) is 5.82 Å². The number of halogens is 3. The summed E-state index contributed by atoms with van der Waals surface area (Å²) in [6.07, 6.45) is 3.04. The molecule has 6 heteroatoms. The van der Waals surface area contributed by atoms with Crippen molar-refractivity contribution in [1.29, 1.82) is 0 Å². The molecule has 0 radical (unpaired) electrons. The normalized spacial score (nSPS) is 24.5. The molecule has 1 saturated heterocycles. The molecule has 2 fully saturated rings. The van der Waals surface area contributed by atoms with Gasteiger partial charge in [0.25, 0.3) is 0 Å². The van der Waals surface area contributed by atoms with Crippen LogP contribution >= 0.6 is 11.6 Å². The number of nitrogens with one attached hydrogen (secondary N) is 2. The van der Waals surface area contributed by atoms with Crippen LogP contribution in [0.25, 0.3) is 11.1 Å². The van der Waals surface area contributed by atoms with E-state index in [1.54, 1.807) is 12.1 Å². The Hall–Kier alpha value is -1.98. The Bertz CT molecular complexity index is 830. The molecular formula is C19H17ClF2N2O. The highest BCUT2D eigenvalue weighted by Crippen LogP contribution is 2.37. The molecule has 1 heterocycles. The number of rotatable bonds is 3. The van der Waals surface area contributed by atoms with E-state index < -0.39 is 11.6 Å². The van der Waals surface area contributed by atoms with Crippen LogP contribution in [0.1, 0.15) is 19.3 Å². The Balaban J connectivity index is 1.57. The van der Waals surface area contributed by atoms with Crippen LogP contribution in [-0.2, 0) is 4.79 Å². The molecular weight excluding hydrogens is 346 g/mol. The molecule has 0 spiro atoms. The van der Waals surface area contributed by atoms with Gasteiger partial charge in [0.05, 0.1) is 16.8 Å². The molecule has 2 N–H and O–H groups in total. The fraction of sp³-hybridized carbons (Fsp3) is 0.316. The number of anilines is 1. The zero-order valence-electron chi connectivity index (χ0n) is 13.4. The van der Waals surface area contributed by atoms with Crippen molar-refractivity contribution in [2.24, 2.45) is 5.92 Å². The second-order valence-corrected chi connectivity index (χ2v) is 7.09. The van der Waals surface area contributed by atoms with Crippen molar-refractivity contribution in [3.05, 3.63) is 53.1 Å². The Kier molecular flexibility index (Phi) is 4.21. The number of benzene rings is 2. The molecule has 0 aromatic heterocycles. The minimum atomic E-state index is -0.578. The second kappa shape index (κ2) is 6.39. The maximum Gasteiger partial charge on any atom is 0.241 e. The van der Waals surface area contributed by atoms with E-state index in [0.717, 1.165) is 25.3 Å². The van der Waals surface area contributed by atoms with Gasteiger partial charge in [-0.2, -0.15) is 0 Å². The summed E-state index contributed by atoms with van der Waals surface area (Å²) in [5.74, 6) is -0.730. The van der Waals surface area contributed by atoms with Crippen LogP contribution in [0.5, 0.6) is 0 Å². The summed E-state index contributed by atoms with van der Waals surface area (Å²) in [5, 5.41) is 6.08. The van der Waals surface area contributed by atoms with Crippen molar-refractivity contribution in [2.45, 2.75) is 31.3 Å². The fourth-order valence-corrected chi connectivity index (χ4v) is 3.92. The predicted molar refractivity (Wildman–Crippen MR) is 93.5 cm³/mol. The Morgan fingerprint density at radius 2 is 2.00 bits per heavy atom. The first kappa shape index (κ1) is 16.5. The van der Waals surface area contributed by atoms with E-state index in [2.05, 4.69) is 10.6 Å². The number of fused-ring (bicyclic) bond motifs is 1. The summed E-state index contributed by atoms with van der Waals surface area (Å²) in [6, 6.07) is 8.64. The molecule has 25 heavy (non-hydrogen) atoms. The summed E-state index contributed by atoms with van der Waals surface area (Å²) in [5.41, 5.74) is 0.708. The van der Waals surface area contributed by atoms with Gasteiger partial charge in [-0.05, 0) is 49.4 Å². The molecule has 3 nitrogen and oxygen atoms in total. The minimum absolute atomic E-state index is 0.101. The van der Waals surface area contributed by atoms with Crippen LogP contribution in [0.3, 0.4) is 0 Å². The smallest absolute Gasteiger partial charge is 0.241 e. The molecule has 1 amide bonds. The Morgan fingerprint density at radius 3 is 2.64 bits per heavy atom. The van der Waals surface area contributed by atoms with Gasteiger partial charge in [-0.15, -0.1) is 0 Å². The van der Waals surface area contributed by atoms with E-state index in [9.17, 15) is 13.6 Å². The van der Waals surface area contributed by atoms with Gasteiger partial charge in [0, 0.05) is 17.2 Å². The molecule has 1 saturated carbocycles. The van der Waals surface area contributed by atoms with Gasteiger partial charge in [-0.25, -0.2) is 8.78 Å². The lowest BCUT2D eigenvalue weighted by Crippen LogP contribution is -2.41. The van der Waals surface area contributed by atoms with Gasteiger partial charge in [-0.3, -0.25) is 4.79 Å². The average Bonchev–Trinajstić information content (AvgIpc) is 2.85. The zero-order valence-corrected chi connectivity index (χ0v) is 14.1. The van der Waals surface area contributed by atoms with Crippen molar-refractivity contribution in [1.82, 2.24) is 5.32 Å². The highest BCUT2D eigenvalue weighted by molar-refractivity contribution is 6.33. The Labute approximate surface area is 149 Å². The number of amides is 1. The first-order valence-corrected chi connectivity index (χ1v) is 8.71. The summed E-state index contributed by atoms with van der Waals surface area (Å²) in [7, 11) is 0. The highest BCUT2D eigenvalue weighted by atomic mass is 35.5. The van der Waals surface area contributed by atoms with Crippen LogP contribution in [0.2, 0.25) is 5.02 Å². The summed E-state index contributed by atoms with van der Waals surface area (Å²) in [4.78, 5) is 12.4. The second-order valence-electron chi connectivity index (χ2n) is 6.68. The van der Waals surface area contributed by atoms with Crippen LogP contribution in [-0.4, -0.2) is 18.0 Å². The van der Waals surface area contributed by atoms with Gasteiger partial charge in [0.2, 0.25) is 5.91 Å². The number of hydrogen-bond acceptors (Lipinski definition) is 2. The van der Waals surface area contributed by atoms with E-state index >= 15 is 0 Å². The number of carbonyl (C=O) groups excluding carboxylic acids is 1. The summed E-state index contributed by atoms with van der Waals surface area (Å²) in [6.45, 7) is 0. The van der Waals surface area contributed by atoms with E-state index in [1.807, 2.05) is 0 Å². The third kappa shape index (κ3) is 3.02. The molecule has 3 atom stereocenters. The molecule has 2 aromatic rings. The topological polar surface area (TPSA) is 41.1 Å². The fourth-order valence-electron chi connectivity index (χ4n) is 3.65. The lowest BCUT2D eigenvalue weighted by Gasteiger charge is -2.29. The van der Waals surface area contributed by atoms with Crippen molar-refractivity contribution < 1.29 is 13.6 Å². The monoisotopic (exact) mass is 362 g/mol. The van der Waals surface area contributed by atoms with Gasteiger partial charge >= 0.3 is 0 Å². The lowest BCUT2D eigenvalue weighted by molar-refractivity contribution is -0.117. The quantitative estimate of drug-likeness (QED) is 0.851. The van der Waals surface area contributed by atoms with Gasteiger partial charge < -0.3 is 10.6 Å². The summed E-state index contributed by atoms with van der Waals surface area (Å²) >= 11 is 6.03. The number of carbonyl (C=O) groups is 1. The molecule has 0 bridgehead atoms. The molecule has 2 aliphatic rings. The van der Waals surface area contributed by atoms with Crippen molar-refractivity contribution >= 4 is 23.2 Å². The molecule has 3 unspecified atom stereocenters. The maximum absolute atomic E-state index is 14.9. The van der Waals surface area contributed by atoms with Crippen molar-refractivity contribution in [3.63, 3.8) is 0 Å². The molecule has 130 valence electrons. The van der Waals surface area contributed by atoms with Gasteiger partial charge in [-0.1, -0.05) is 23.7 Å². The third-order valence-corrected chi connectivity index (χ3v) is 5.48. The predicted octanol–water partition coefficient (Wildman–Crippen LogP) is 4.36. The molecule has 1 aliphatic heterocycles.